The SMILES string of the molecule is CC(N)CC(=O)Nc1cccc(-c2nnnn2C)c1.Cl. The van der Waals surface area contributed by atoms with E-state index in [1.807, 2.05) is 24.3 Å². The highest BCUT2D eigenvalue weighted by Gasteiger charge is 2.09. The van der Waals surface area contributed by atoms with Gasteiger partial charge in [0.2, 0.25) is 5.91 Å². The van der Waals surface area contributed by atoms with E-state index in [9.17, 15) is 4.79 Å². The van der Waals surface area contributed by atoms with Gasteiger partial charge in [-0.05, 0) is 29.5 Å². The fraction of sp³-hybridized carbons (Fsp3) is 0.333. The van der Waals surface area contributed by atoms with Crippen LogP contribution < -0.4 is 11.1 Å². The van der Waals surface area contributed by atoms with Gasteiger partial charge in [-0.2, -0.15) is 0 Å². The number of amides is 1. The third-order valence-corrected chi connectivity index (χ3v) is 2.53. The van der Waals surface area contributed by atoms with Crippen LogP contribution in [-0.4, -0.2) is 32.2 Å². The van der Waals surface area contributed by atoms with Crippen LogP contribution >= 0.6 is 12.4 Å². The molecule has 0 saturated heterocycles. The number of aromatic nitrogens is 4. The van der Waals surface area contributed by atoms with Crippen molar-refractivity contribution < 1.29 is 4.79 Å². The molecule has 0 saturated carbocycles. The molecule has 8 heteroatoms. The van der Waals surface area contributed by atoms with Gasteiger partial charge in [0.05, 0.1) is 0 Å². The number of halogens is 1. The number of carbonyl (C=O) groups excluding carboxylic acids is 1. The standard InChI is InChI=1S/C12H16N6O.ClH/c1-8(13)6-11(19)14-10-5-3-4-9(7-10)12-15-16-17-18(12)2;/h3-5,7-8H,6,13H2,1-2H3,(H,14,19);1H. The Kier molecular flexibility index (Phi) is 5.60. The first-order valence-electron chi connectivity index (χ1n) is 5.94. The highest BCUT2D eigenvalue weighted by atomic mass is 35.5. The molecule has 0 fully saturated rings. The molecule has 1 heterocycles. The zero-order valence-corrected chi connectivity index (χ0v) is 12.1. The van der Waals surface area contributed by atoms with E-state index in [1.165, 1.54) is 0 Å². The van der Waals surface area contributed by atoms with Crippen LogP contribution in [0.3, 0.4) is 0 Å². The summed E-state index contributed by atoms with van der Waals surface area (Å²) >= 11 is 0. The van der Waals surface area contributed by atoms with E-state index < -0.39 is 0 Å². The molecular formula is C12H17ClN6O. The summed E-state index contributed by atoms with van der Waals surface area (Å²) in [6.07, 6.45) is 0.287. The summed E-state index contributed by atoms with van der Waals surface area (Å²) in [4.78, 5) is 11.7. The molecule has 0 aliphatic rings. The maximum atomic E-state index is 11.7. The number of anilines is 1. The Labute approximate surface area is 123 Å². The number of nitrogens with one attached hydrogen (secondary N) is 1. The lowest BCUT2D eigenvalue weighted by Gasteiger charge is -2.08. The van der Waals surface area contributed by atoms with Crippen LogP contribution in [0.1, 0.15) is 13.3 Å². The predicted octanol–water partition coefficient (Wildman–Crippen LogP) is 0.975. The minimum atomic E-state index is -0.161. The summed E-state index contributed by atoms with van der Waals surface area (Å²) in [6, 6.07) is 7.20. The minimum Gasteiger partial charge on any atom is -0.327 e. The molecule has 2 aromatic rings. The maximum absolute atomic E-state index is 11.7. The second-order valence-electron chi connectivity index (χ2n) is 4.44. The van der Waals surface area contributed by atoms with Crippen molar-refractivity contribution in [2.45, 2.75) is 19.4 Å². The van der Waals surface area contributed by atoms with Gasteiger partial charge in [0.25, 0.3) is 0 Å². The second-order valence-corrected chi connectivity index (χ2v) is 4.44. The normalized spacial score (nSPS) is 11.6. The largest absolute Gasteiger partial charge is 0.327 e. The summed E-state index contributed by atoms with van der Waals surface area (Å²) in [5, 5.41) is 14.1. The van der Waals surface area contributed by atoms with E-state index >= 15 is 0 Å². The van der Waals surface area contributed by atoms with Crippen molar-refractivity contribution in [3.05, 3.63) is 24.3 Å². The van der Waals surface area contributed by atoms with Crippen molar-refractivity contribution in [3.63, 3.8) is 0 Å². The molecule has 0 aliphatic carbocycles. The van der Waals surface area contributed by atoms with Crippen molar-refractivity contribution in [1.82, 2.24) is 20.2 Å². The van der Waals surface area contributed by atoms with Gasteiger partial charge in [-0.1, -0.05) is 12.1 Å². The van der Waals surface area contributed by atoms with Crippen molar-refractivity contribution in [3.8, 4) is 11.4 Å². The van der Waals surface area contributed by atoms with E-state index in [1.54, 1.807) is 18.7 Å². The third-order valence-electron chi connectivity index (χ3n) is 2.53. The van der Waals surface area contributed by atoms with Gasteiger partial charge in [0.15, 0.2) is 5.82 Å². The highest BCUT2D eigenvalue weighted by molar-refractivity contribution is 5.91. The van der Waals surface area contributed by atoms with E-state index in [-0.39, 0.29) is 30.8 Å². The first-order chi connectivity index (χ1) is 9.06. The molecule has 1 amide bonds. The molecule has 0 radical (unpaired) electrons. The molecule has 0 aliphatic heterocycles. The Balaban J connectivity index is 0.00000200. The Hall–Kier alpha value is -1.99. The Bertz CT molecular complexity index is 583. The summed E-state index contributed by atoms with van der Waals surface area (Å²) < 4.78 is 1.57. The van der Waals surface area contributed by atoms with Crippen molar-refractivity contribution in [2.75, 3.05) is 5.32 Å². The number of carbonyl (C=O) groups is 1. The average molecular weight is 297 g/mol. The molecule has 2 rings (SSSR count). The van der Waals surface area contributed by atoms with Crippen molar-refractivity contribution in [1.29, 1.82) is 0 Å². The lowest BCUT2D eigenvalue weighted by atomic mass is 10.2. The molecule has 20 heavy (non-hydrogen) atoms. The van der Waals surface area contributed by atoms with Crippen LogP contribution in [0.2, 0.25) is 0 Å². The Morgan fingerprint density at radius 3 is 2.85 bits per heavy atom. The first kappa shape index (κ1) is 16.1. The van der Waals surface area contributed by atoms with Gasteiger partial charge in [-0.3, -0.25) is 4.79 Å². The molecule has 1 aromatic carbocycles. The Morgan fingerprint density at radius 1 is 1.50 bits per heavy atom. The molecule has 7 nitrogen and oxygen atoms in total. The van der Waals surface area contributed by atoms with Crippen molar-refractivity contribution in [2.24, 2.45) is 12.8 Å². The summed E-state index contributed by atoms with van der Waals surface area (Å²) in [6.45, 7) is 1.79. The molecule has 0 bridgehead atoms. The molecular weight excluding hydrogens is 280 g/mol. The van der Waals surface area contributed by atoms with Crippen LogP contribution in [0, 0.1) is 0 Å². The van der Waals surface area contributed by atoms with Crippen LogP contribution in [0.5, 0.6) is 0 Å². The van der Waals surface area contributed by atoms with Crippen LogP contribution in [0.4, 0.5) is 5.69 Å². The third kappa shape index (κ3) is 4.01. The number of benzene rings is 1. The van der Waals surface area contributed by atoms with Crippen molar-refractivity contribution >= 4 is 24.0 Å². The highest BCUT2D eigenvalue weighted by Crippen LogP contribution is 2.19. The first-order valence-corrected chi connectivity index (χ1v) is 5.94. The molecule has 1 atom stereocenters. The smallest absolute Gasteiger partial charge is 0.225 e. The zero-order valence-electron chi connectivity index (χ0n) is 11.3. The number of hydrogen-bond acceptors (Lipinski definition) is 5. The van der Waals surface area contributed by atoms with E-state index in [2.05, 4.69) is 20.8 Å². The van der Waals surface area contributed by atoms with E-state index in [4.69, 9.17) is 5.73 Å². The van der Waals surface area contributed by atoms with E-state index in [0.717, 1.165) is 5.56 Å². The molecule has 0 spiro atoms. The molecule has 1 unspecified atom stereocenters. The number of rotatable bonds is 4. The van der Waals surface area contributed by atoms with Gasteiger partial charge >= 0.3 is 0 Å². The molecule has 3 N–H and O–H groups in total. The monoisotopic (exact) mass is 296 g/mol. The number of tetrazole rings is 1. The van der Waals surface area contributed by atoms with Gasteiger partial charge in [-0.15, -0.1) is 17.5 Å². The lowest BCUT2D eigenvalue weighted by molar-refractivity contribution is -0.116. The molecule has 1 aromatic heterocycles. The zero-order chi connectivity index (χ0) is 13.8. The van der Waals surface area contributed by atoms with Gasteiger partial charge in [-0.25, -0.2) is 4.68 Å². The summed E-state index contributed by atoms with van der Waals surface area (Å²) in [7, 11) is 1.76. The van der Waals surface area contributed by atoms with Crippen LogP contribution in [-0.2, 0) is 11.8 Å². The number of nitrogens with two attached hydrogens (primary N) is 1. The summed E-state index contributed by atoms with van der Waals surface area (Å²) in [5.74, 6) is 0.534. The van der Waals surface area contributed by atoms with Crippen LogP contribution in [0.25, 0.3) is 11.4 Å². The minimum absolute atomic E-state index is 0. The lowest BCUT2D eigenvalue weighted by Crippen LogP contribution is -2.23. The predicted molar refractivity (Wildman–Crippen MR) is 78.4 cm³/mol. The Morgan fingerprint density at radius 2 is 2.25 bits per heavy atom. The summed E-state index contributed by atoms with van der Waals surface area (Å²) in [5.41, 5.74) is 7.12. The fourth-order valence-electron chi connectivity index (χ4n) is 1.71. The van der Waals surface area contributed by atoms with Gasteiger partial charge in [0.1, 0.15) is 0 Å². The number of nitrogens with zero attached hydrogens (tertiary/aromatic N) is 4. The quantitative estimate of drug-likeness (QED) is 0.876. The topological polar surface area (TPSA) is 98.7 Å². The van der Waals surface area contributed by atoms with Gasteiger partial charge in [0, 0.05) is 30.8 Å². The van der Waals surface area contributed by atoms with Gasteiger partial charge < -0.3 is 11.1 Å². The number of aryl methyl sites for hydroxylation is 1. The fourth-order valence-corrected chi connectivity index (χ4v) is 1.71. The van der Waals surface area contributed by atoms with E-state index in [0.29, 0.717) is 11.5 Å². The average Bonchev–Trinajstić information content (AvgIpc) is 2.74. The molecule has 108 valence electrons. The van der Waals surface area contributed by atoms with Crippen LogP contribution in [0.15, 0.2) is 24.3 Å². The second kappa shape index (κ2) is 6.97. The maximum Gasteiger partial charge on any atom is 0.225 e. The number of hydrogen-bond donors (Lipinski definition) is 2.